The molecule has 0 amide bonds. The van der Waals surface area contributed by atoms with Crippen LogP contribution in [0, 0.1) is 0 Å². The molecule has 0 aliphatic carbocycles. The molecule has 2 heterocycles. The number of carbonyl (C=O) groups excluding carboxylic acids is 1. The van der Waals surface area contributed by atoms with Crippen LogP contribution in [0.25, 0.3) is 5.57 Å². The molecule has 0 saturated heterocycles. The number of aromatic nitrogens is 1. The number of hydrogen-bond donors (Lipinski definition) is 0. The third-order valence-corrected chi connectivity index (χ3v) is 2.56. The van der Waals surface area contributed by atoms with E-state index in [0.717, 1.165) is 24.4 Å². The van der Waals surface area contributed by atoms with Gasteiger partial charge in [-0.2, -0.15) is 0 Å². The minimum Gasteiger partial charge on any atom is -0.464 e. The van der Waals surface area contributed by atoms with E-state index in [1.807, 2.05) is 19.2 Å². The highest BCUT2D eigenvalue weighted by Crippen LogP contribution is 2.18. The summed E-state index contributed by atoms with van der Waals surface area (Å²) < 4.78 is 4.64. The van der Waals surface area contributed by atoms with Crippen molar-refractivity contribution < 1.29 is 9.53 Å². The summed E-state index contributed by atoms with van der Waals surface area (Å²) in [5.41, 5.74) is 2.37. The van der Waals surface area contributed by atoms with Crippen LogP contribution in [-0.2, 0) is 4.74 Å². The van der Waals surface area contributed by atoms with Crippen LogP contribution in [0.1, 0.15) is 16.2 Å². The third-order valence-electron chi connectivity index (χ3n) is 2.56. The molecule has 1 aliphatic rings. The summed E-state index contributed by atoms with van der Waals surface area (Å²) in [6.07, 6.45) is 2.13. The molecular weight excluding hydrogens is 204 g/mol. The van der Waals surface area contributed by atoms with Crippen LogP contribution in [-0.4, -0.2) is 43.1 Å². The van der Waals surface area contributed by atoms with Crippen molar-refractivity contribution >= 4 is 11.5 Å². The van der Waals surface area contributed by atoms with Gasteiger partial charge in [-0.15, -0.1) is 0 Å². The molecule has 2 rings (SSSR count). The van der Waals surface area contributed by atoms with Crippen LogP contribution in [0.2, 0.25) is 0 Å². The third kappa shape index (κ3) is 2.12. The Hall–Kier alpha value is -1.68. The molecule has 1 aromatic heterocycles. The fraction of sp³-hybridized carbons (Fsp3) is 0.333. The molecule has 0 saturated carbocycles. The fourth-order valence-electron chi connectivity index (χ4n) is 1.70. The highest BCUT2D eigenvalue weighted by Gasteiger charge is 2.14. The van der Waals surface area contributed by atoms with Crippen molar-refractivity contribution in [2.75, 3.05) is 27.2 Å². The molecule has 84 valence electrons. The first-order valence-corrected chi connectivity index (χ1v) is 5.14. The monoisotopic (exact) mass is 218 g/mol. The van der Waals surface area contributed by atoms with Gasteiger partial charge in [0.1, 0.15) is 5.69 Å². The summed E-state index contributed by atoms with van der Waals surface area (Å²) in [6, 6.07) is 5.40. The Balaban J connectivity index is 2.26. The van der Waals surface area contributed by atoms with Gasteiger partial charge in [-0.1, -0.05) is 12.1 Å². The van der Waals surface area contributed by atoms with E-state index in [1.165, 1.54) is 7.11 Å². The second-order valence-corrected chi connectivity index (χ2v) is 3.83. The molecule has 0 aromatic carbocycles. The van der Waals surface area contributed by atoms with Crippen LogP contribution in [0.15, 0.2) is 24.3 Å². The lowest BCUT2D eigenvalue weighted by Crippen LogP contribution is -2.14. The lowest BCUT2D eigenvalue weighted by molar-refractivity contribution is 0.0594. The summed E-state index contributed by atoms with van der Waals surface area (Å²) in [7, 11) is 3.41. The Kier molecular flexibility index (Phi) is 3.01. The summed E-state index contributed by atoms with van der Waals surface area (Å²) >= 11 is 0. The summed E-state index contributed by atoms with van der Waals surface area (Å²) in [5.74, 6) is -0.395. The smallest absolute Gasteiger partial charge is 0.356 e. The number of rotatable bonds is 2. The van der Waals surface area contributed by atoms with E-state index in [1.54, 1.807) is 6.07 Å². The maximum atomic E-state index is 11.3. The quantitative estimate of drug-likeness (QED) is 0.699. The van der Waals surface area contributed by atoms with Crippen molar-refractivity contribution in [2.24, 2.45) is 0 Å². The molecule has 0 radical (unpaired) electrons. The second-order valence-electron chi connectivity index (χ2n) is 3.83. The first-order valence-electron chi connectivity index (χ1n) is 5.14. The van der Waals surface area contributed by atoms with Crippen molar-refractivity contribution in [3.8, 4) is 0 Å². The molecule has 0 N–H and O–H groups in total. The maximum absolute atomic E-state index is 11.3. The topological polar surface area (TPSA) is 42.4 Å². The van der Waals surface area contributed by atoms with Crippen LogP contribution in [0.5, 0.6) is 0 Å². The predicted octanol–water partition coefficient (Wildman–Crippen LogP) is 1.20. The first-order chi connectivity index (χ1) is 7.70. The van der Waals surface area contributed by atoms with Crippen molar-refractivity contribution in [1.29, 1.82) is 0 Å². The minimum atomic E-state index is -0.395. The van der Waals surface area contributed by atoms with E-state index >= 15 is 0 Å². The fourth-order valence-corrected chi connectivity index (χ4v) is 1.70. The van der Waals surface area contributed by atoms with Gasteiger partial charge in [0.05, 0.1) is 12.8 Å². The number of ether oxygens (including phenoxy) is 1. The second kappa shape index (κ2) is 4.45. The highest BCUT2D eigenvalue weighted by atomic mass is 16.5. The SMILES string of the molecule is COC(=O)c1cccc(C2=CCN(C)C2)n1. The van der Waals surface area contributed by atoms with Gasteiger partial charge >= 0.3 is 5.97 Å². The number of carbonyl (C=O) groups is 1. The van der Waals surface area contributed by atoms with Crippen LogP contribution in [0.3, 0.4) is 0 Å². The van der Waals surface area contributed by atoms with Gasteiger partial charge in [-0.25, -0.2) is 9.78 Å². The zero-order chi connectivity index (χ0) is 11.5. The van der Waals surface area contributed by atoms with Crippen LogP contribution >= 0.6 is 0 Å². The maximum Gasteiger partial charge on any atom is 0.356 e. The Morgan fingerprint density at radius 3 is 2.94 bits per heavy atom. The van der Waals surface area contributed by atoms with E-state index in [0.29, 0.717) is 5.69 Å². The lowest BCUT2D eigenvalue weighted by atomic mass is 10.1. The van der Waals surface area contributed by atoms with Gasteiger partial charge in [-0.3, -0.25) is 4.90 Å². The summed E-state index contributed by atoms with van der Waals surface area (Å²) in [5, 5.41) is 0. The Morgan fingerprint density at radius 1 is 1.50 bits per heavy atom. The Bertz CT molecular complexity index is 440. The molecule has 4 heteroatoms. The van der Waals surface area contributed by atoms with Crippen molar-refractivity contribution in [3.05, 3.63) is 35.7 Å². The van der Waals surface area contributed by atoms with Gasteiger partial charge in [-0.05, 0) is 24.8 Å². The van der Waals surface area contributed by atoms with Gasteiger partial charge in [0.25, 0.3) is 0 Å². The van der Waals surface area contributed by atoms with Crippen LogP contribution < -0.4 is 0 Å². The Morgan fingerprint density at radius 2 is 2.31 bits per heavy atom. The predicted molar refractivity (Wildman–Crippen MR) is 61.1 cm³/mol. The Labute approximate surface area is 94.5 Å². The van der Waals surface area contributed by atoms with Gasteiger partial charge in [0.2, 0.25) is 0 Å². The molecular formula is C12H14N2O2. The zero-order valence-corrected chi connectivity index (χ0v) is 9.43. The largest absolute Gasteiger partial charge is 0.464 e. The van der Waals surface area contributed by atoms with Gasteiger partial charge in [0.15, 0.2) is 0 Å². The van der Waals surface area contributed by atoms with E-state index < -0.39 is 5.97 Å². The molecule has 0 fully saturated rings. The average Bonchev–Trinajstić information content (AvgIpc) is 2.75. The standard InChI is InChI=1S/C12H14N2O2/c1-14-7-6-9(8-14)10-4-3-5-11(13-10)12(15)16-2/h3-6H,7-8H2,1-2H3. The van der Waals surface area contributed by atoms with Crippen molar-refractivity contribution in [3.63, 3.8) is 0 Å². The van der Waals surface area contributed by atoms with E-state index in [2.05, 4.69) is 20.7 Å². The number of methoxy groups -OCH3 is 1. The van der Waals surface area contributed by atoms with Gasteiger partial charge in [0, 0.05) is 13.1 Å². The number of esters is 1. The molecule has 0 bridgehead atoms. The molecule has 4 nitrogen and oxygen atoms in total. The summed E-state index contributed by atoms with van der Waals surface area (Å²) in [4.78, 5) is 17.8. The zero-order valence-electron chi connectivity index (χ0n) is 9.43. The first kappa shape index (κ1) is 10.8. The molecule has 1 aromatic rings. The molecule has 0 unspecified atom stereocenters. The normalized spacial score (nSPS) is 16.0. The molecule has 0 spiro atoms. The average molecular weight is 218 g/mol. The molecule has 0 atom stereocenters. The molecule has 1 aliphatic heterocycles. The van der Waals surface area contributed by atoms with E-state index in [9.17, 15) is 4.79 Å². The number of likely N-dealkylation sites (N-methyl/N-ethyl adjacent to an activating group) is 1. The van der Waals surface area contributed by atoms with Crippen molar-refractivity contribution in [2.45, 2.75) is 0 Å². The molecule has 16 heavy (non-hydrogen) atoms. The number of nitrogens with zero attached hydrogens (tertiary/aromatic N) is 2. The number of hydrogen-bond acceptors (Lipinski definition) is 4. The lowest BCUT2D eigenvalue weighted by Gasteiger charge is -2.07. The van der Waals surface area contributed by atoms with Crippen LogP contribution in [0.4, 0.5) is 0 Å². The minimum absolute atomic E-state index is 0.357. The van der Waals surface area contributed by atoms with E-state index in [-0.39, 0.29) is 0 Å². The summed E-state index contributed by atoms with van der Waals surface area (Å²) in [6.45, 7) is 1.80. The van der Waals surface area contributed by atoms with Gasteiger partial charge < -0.3 is 4.74 Å². The highest BCUT2D eigenvalue weighted by molar-refractivity contribution is 5.87. The number of pyridine rings is 1. The van der Waals surface area contributed by atoms with Crippen molar-refractivity contribution in [1.82, 2.24) is 9.88 Å². The van der Waals surface area contributed by atoms with E-state index in [4.69, 9.17) is 0 Å².